The number of amides is 2. The Balaban J connectivity index is 2.04. The minimum Gasteiger partial charge on any atom is -0.339 e. The van der Waals surface area contributed by atoms with Crippen molar-refractivity contribution in [2.45, 2.75) is 32.6 Å². The molecule has 0 atom stereocenters. The summed E-state index contributed by atoms with van der Waals surface area (Å²) >= 11 is 0. The van der Waals surface area contributed by atoms with Gasteiger partial charge in [0.05, 0.1) is 11.4 Å². The van der Waals surface area contributed by atoms with E-state index in [4.69, 9.17) is 0 Å². The minimum absolute atomic E-state index is 0.0721. The fourth-order valence-corrected chi connectivity index (χ4v) is 4.14. The van der Waals surface area contributed by atoms with Gasteiger partial charge in [-0.1, -0.05) is 6.07 Å². The van der Waals surface area contributed by atoms with Crippen molar-refractivity contribution in [2.75, 3.05) is 32.0 Å². The highest BCUT2D eigenvalue weighted by atomic mass is 32.2. The van der Waals surface area contributed by atoms with Gasteiger partial charge in [0.1, 0.15) is 0 Å². The van der Waals surface area contributed by atoms with Gasteiger partial charge in [-0.3, -0.25) is 9.59 Å². The molecule has 0 aliphatic heterocycles. The topological polar surface area (TPSA) is 86.8 Å². The van der Waals surface area contributed by atoms with Crippen LogP contribution in [0.5, 0.6) is 0 Å². The molecule has 0 aliphatic carbocycles. The van der Waals surface area contributed by atoms with Crippen molar-refractivity contribution in [3.63, 3.8) is 0 Å². The van der Waals surface area contributed by atoms with Gasteiger partial charge in [0, 0.05) is 31.4 Å². The number of hydrogen-bond acceptors (Lipinski definition) is 4. The number of nitrogens with one attached hydrogen (secondary N) is 1. The zero-order chi connectivity index (χ0) is 22.5. The van der Waals surface area contributed by atoms with Gasteiger partial charge in [-0.05, 0) is 75.2 Å². The Hall–Kier alpha value is -2.71. The molecular weight excluding hydrogens is 402 g/mol. The average molecular weight is 432 g/mol. The summed E-state index contributed by atoms with van der Waals surface area (Å²) in [6.45, 7) is 8.50. The van der Waals surface area contributed by atoms with E-state index in [1.54, 1.807) is 41.3 Å². The normalized spacial score (nSPS) is 11.4. The maximum absolute atomic E-state index is 12.7. The number of aryl methyl sites for hydroxylation is 2. The molecule has 2 aromatic carbocycles. The van der Waals surface area contributed by atoms with Crippen molar-refractivity contribution in [3.8, 4) is 0 Å². The van der Waals surface area contributed by atoms with Gasteiger partial charge >= 0.3 is 0 Å². The Morgan fingerprint density at radius 2 is 1.53 bits per heavy atom. The van der Waals surface area contributed by atoms with Crippen LogP contribution in [0.2, 0.25) is 0 Å². The van der Waals surface area contributed by atoms with Crippen LogP contribution in [0.3, 0.4) is 0 Å². The Morgan fingerprint density at radius 1 is 0.933 bits per heavy atom. The third-order valence-corrected chi connectivity index (χ3v) is 6.82. The van der Waals surface area contributed by atoms with Crippen LogP contribution in [0.1, 0.15) is 35.3 Å². The van der Waals surface area contributed by atoms with Gasteiger partial charge < -0.3 is 10.2 Å². The fourth-order valence-electron chi connectivity index (χ4n) is 2.93. The lowest BCUT2D eigenvalue weighted by Crippen LogP contribution is -2.35. The molecule has 0 bridgehead atoms. The monoisotopic (exact) mass is 431 g/mol. The predicted octanol–water partition coefficient (Wildman–Crippen LogP) is 3.04. The molecule has 30 heavy (non-hydrogen) atoms. The number of carbonyl (C=O) groups excluding carboxylic acids is 2. The third-order valence-electron chi connectivity index (χ3n) is 5.02. The van der Waals surface area contributed by atoms with E-state index in [0.29, 0.717) is 24.3 Å². The maximum atomic E-state index is 12.7. The summed E-state index contributed by atoms with van der Waals surface area (Å²) in [7, 11) is -2.41. The smallest absolute Gasteiger partial charge is 0.253 e. The number of sulfonamides is 1. The van der Waals surface area contributed by atoms with Crippen molar-refractivity contribution in [1.82, 2.24) is 9.21 Å². The van der Waals surface area contributed by atoms with E-state index in [-0.39, 0.29) is 17.3 Å². The van der Waals surface area contributed by atoms with Gasteiger partial charge in [-0.15, -0.1) is 0 Å². The van der Waals surface area contributed by atoms with Crippen LogP contribution >= 0.6 is 0 Å². The summed E-state index contributed by atoms with van der Waals surface area (Å²) in [5, 5.41) is 2.67. The molecule has 0 radical (unpaired) electrons. The van der Waals surface area contributed by atoms with E-state index in [2.05, 4.69) is 5.32 Å². The number of benzene rings is 2. The molecular formula is C22H29N3O4S. The Morgan fingerprint density at radius 3 is 2.07 bits per heavy atom. The molecule has 1 N–H and O–H groups in total. The van der Waals surface area contributed by atoms with Crippen molar-refractivity contribution in [2.24, 2.45) is 0 Å². The van der Waals surface area contributed by atoms with Crippen LogP contribution in [-0.2, 0) is 14.8 Å². The van der Waals surface area contributed by atoms with E-state index in [1.165, 1.54) is 13.1 Å². The second-order valence-electron chi connectivity index (χ2n) is 7.11. The molecule has 0 aliphatic rings. The van der Waals surface area contributed by atoms with Crippen molar-refractivity contribution in [3.05, 3.63) is 59.2 Å². The Kier molecular flexibility index (Phi) is 7.75. The van der Waals surface area contributed by atoms with Crippen LogP contribution in [0.25, 0.3) is 0 Å². The first-order valence-corrected chi connectivity index (χ1v) is 11.3. The van der Waals surface area contributed by atoms with Crippen LogP contribution in [-0.4, -0.2) is 56.1 Å². The maximum Gasteiger partial charge on any atom is 0.253 e. The molecule has 2 rings (SSSR count). The van der Waals surface area contributed by atoms with Crippen molar-refractivity contribution in [1.29, 1.82) is 0 Å². The molecule has 2 aromatic rings. The predicted molar refractivity (Wildman–Crippen MR) is 118 cm³/mol. The number of hydrogen-bond donors (Lipinski definition) is 1. The van der Waals surface area contributed by atoms with Gasteiger partial charge in [-0.2, -0.15) is 4.31 Å². The second-order valence-corrected chi connectivity index (χ2v) is 9.16. The molecule has 0 saturated heterocycles. The summed E-state index contributed by atoms with van der Waals surface area (Å²) in [5.74, 6) is -0.537. The molecule has 0 saturated carbocycles. The van der Waals surface area contributed by atoms with E-state index < -0.39 is 15.9 Å². The first-order chi connectivity index (χ1) is 14.1. The molecule has 0 aromatic heterocycles. The van der Waals surface area contributed by atoms with E-state index in [0.717, 1.165) is 15.4 Å². The van der Waals surface area contributed by atoms with Crippen LogP contribution in [0.4, 0.5) is 5.69 Å². The molecule has 0 spiro atoms. The number of nitrogens with zero attached hydrogens (tertiary/aromatic N) is 2. The number of carbonyl (C=O) groups is 2. The third kappa shape index (κ3) is 5.46. The average Bonchev–Trinajstić information content (AvgIpc) is 2.71. The van der Waals surface area contributed by atoms with Crippen molar-refractivity contribution < 1.29 is 18.0 Å². The van der Waals surface area contributed by atoms with Gasteiger partial charge in [0.2, 0.25) is 15.9 Å². The highest BCUT2D eigenvalue weighted by Gasteiger charge is 2.23. The number of likely N-dealkylation sites (N-methyl/N-ethyl adjacent to an activating group) is 1. The molecule has 162 valence electrons. The van der Waals surface area contributed by atoms with Crippen LogP contribution < -0.4 is 5.32 Å². The zero-order valence-corrected chi connectivity index (χ0v) is 18.9. The van der Waals surface area contributed by atoms with Gasteiger partial charge in [0.15, 0.2) is 0 Å². The minimum atomic E-state index is -3.78. The summed E-state index contributed by atoms with van der Waals surface area (Å²) in [4.78, 5) is 26.6. The molecule has 2 amide bonds. The highest BCUT2D eigenvalue weighted by Crippen LogP contribution is 2.18. The lowest BCUT2D eigenvalue weighted by Gasteiger charge is -2.19. The quantitative estimate of drug-likeness (QED) is 0.696. The van der Waals surface area contributed by atoms with E-state index in [1.807, 2.05) is 27.7 Å². The van der Waals surface area contributed by atoms with Gasteiger partial charge in [0.25, 0.3) is 5.91 Å². The molecule has 0 unspecified atom stereocenters. The summed E-state index contributed by atoms with van der Waals surface area (Å²) < 4.78 is 26.5. The Labute approximate surface area is 178 Å². The van der Waals surface area contributed by atoms with Crippen LogP contribution in [0.15, 0.2) is 47.4 Å². The lowest BCUT2D eigenvalue weighted by atomic mass is 10.1. The SMILES string of the molecule is CCN(CC)C(=O)c1ccc(NC(=O)CN(C)S(=O)(=O)c2ccc(C)c(C)c2)cc1. The standard InChI is InChI=1S/C22H29N3O4S/c1-6-25(7-2)22(27)18-9-11-19(12-10-18)23-21(26)15-24(5)30(28,29)20-13-8-16(3)17(4)14-20/h8-14H,6-7,15H2,1-5H3,(H,23,26). The van der Waals surface area contributed by atoms with E-state index >= 15 is 0 Å². The van der Waals surface area contributed by atoms with E-state index in [9.17, 15) is 18.0 Å². The Bertz CT molecular complexity index is 1010. The highest BCUT2D eigenvalue weighted by molar-refractivity contribution is 7.89. The molecule has 7 nitrogen and oxygen atoms in total. The fraction of sp³-hybridized carbons (Fsp3) is 0.364. The molecule has 0 heterocycles. The first-order valence-electron chi connectivity index (χ1n) is 9.82. The number of anilines is 1. The summed E-state index contributed by atoms with van der Waals surface area (Å²) in [6.07, 6.45) is 0. The van der Waals surface area contributed by atoms with Gasteiger partial charge in [-0.25, -0.2) is 8.42 Å². The first kappa shape index (κ1) is 23.6. The van der Waals surface area contributed by atoms with Crippen LogP contribution in [0, 0.1) is 13.8 Å². The lowest BCUT2D eigenvalue weighted by molar-refractivity contribution is -0.116. The second kappa shape index (κ2) is 9.86. The summed E-state index contributed by atoms with van der Waals surface area (Å²) in [6, 6.07) is 11.4. The largest absolute Gasteiger partial charge is 0.339 e. The van der Waals surface area contributed by atoms with Crippen molar-refractivity contribution >= 4 is 27.5 Å². The molecule has 0 fully saturated rings. The zero-order valence-electron chi connectivity index (χ0n) is 18.1. The number of rotatable bonds is 8. The molecule has 8 heteroatoms. The summed E-state index contributed by atoms with van der Waals surface area (Å²) in [5.41, 5.74) is 2.89.